The van der Waals surface area contributed by atoms with E-state index < -0.39 is 60.2 Å². The van der Waals surface area contributed by atoms with Crippen LogP contribution >= 0.6 is 0 Å². The molecular formula is C24H37N5O6. The number of nitrogens with two attached hydrogens (primary N) is 2. The molecule has 4 amide bonds. The molecule has 1 aromatic carbocycles. The predicted molar refractivity (Wildman–Crippen MR) is 130 cm³/mol. The Balaban J connectivity index is 3.17. The largest absolute Gasteiger partial charge is 0.480 e. The third-order valence-corrected chi connectivity index (χ3v) is 5.75. The Bertz CT molecular complexity index is 892. The van der Waals surface area contributed by atoms with Gasteiger partial charge in [0, 0.05) is 6.42 Å². The Morgan fingerprint density at radius 3 is 1.94 bits per heavy atom. The van der Waals surface area contributed by atoms with Crippen molar-refractivity contribution >= 4 is 29.6 Å². The lowest BCUT2D eigenvalue weighted by molar-refractivity contribution is -0.143. The van der Waals surface area contributed by atoms with Crippen molar-refractivity contribution in [3.05, 3.63) is 35.9 Å². The highest BCUT2D eigenvalue weighted by Gasteiger charge is 2.33. The quantitative estimate of drug-likeness (QED) is 0.205. The normalized spacial score (nSPS) is 15.3. The molecule has 0 heterocycles. The summed E-state index contributed by atoms with van der Waals surface area (Å²) < 4.78 is 0. The number of hydrogen-bond donors (Lipinski definition) is 6. The van der Waals surface area contributed by atoms with Crippen LogP contribution in [0.25, 0.3) is 0 Å². The molecule has 0 radical (unpaired) electrons. The summed E-state index contributed by atoms with van der Waals surface area (Å²) in [6.45, 7) is 7.21. The molecule has 0 saturated carbocycles. The van der Waals surface area contributed by atoms with E-state index in [1.54, 1.807) is 51.1 Å². The van der Waals surface area contributed by atoms with Gasteiger partial charge in [0.15, 0.2) is 0 Å². The number of carboxylic acid groups (broad SMARTS) is 1. The second kappa shape index (κ2) is 14.1. The molecule has 0 aliphatic carbocycles. The van der Waals surface area contributed by atoms with Crippen LogP contribution < -0.4 is 27.4 Å². The number of carbonyl (C=O) groups excluding carboxylic acids is 4. The van der Waals surface area contributed by atoms with Gasteiger partial charge in [-0.3, -0.25) is 19.2 Å². The van der Waals surface area contributed by atoms with Gasteiger partial charge in [0.1, 0.15) is 18.1 Å². The lowest BCUT2D eigenvalue weighted by atomic mass is 9.96. The Labute approximate surface area is 205 Å². The van der Waals surface area contributed by atoms with Crippen molar-refractivity contribution in [3.63, 3.8) is 0 Å². The molecule has 5 atom stereocenters. The topological polar surface area (TPSA) is 194 Å². The number of hydrogen-bond acceptors (Lipinski definition) is 6. The van der Waals surface area contributed by atoms with Gasteiger partial charge in [-0.1, -0.05) is 64.4 Å². The molecule has 35 heavy (non-hydrogen) atoms. The van der Waals surface area contributed by atoms with Crippen molar-refractivity contribution in [2.45, 2.75) is 71.1 Å². The molecule has 0 aliphatic heterocycles. The first-order valence-electron chi connectivity index (χ1n) is 11.6. The zero-order chi connectivity index (χ0) is 26.7. The van der Waals surface area contributed by atoms with E-state index in [0.717, 1.165) is 0 Å². The average Bonchev–Trinajstić information content (AvgIpc) is 2.80. The summed E-state index contributed by atoms with van der Waals surface area (Å²) in [4.78, 5) is 61.5. The van der Waals surface area contributed by atoms with Gasteiger partial charge < -0.3 is 32.5 Å². The third-order valence-electron chi connectivity index (χ3n) is 5.75. The third kappa shape index (κ3) is 9.73. The highest BCUT2D eigenvalue weighted by Crippen LogP contribution is 2.11. The molecule has 0 bridgehead atoms. The molecule has 0 saturated heterocycles. The predicted octanol–water partition coefficient (Wildman–Crippen LogP) is -0.327. The van der Waals surface area contributed by atoms with Crippen LogP contribution in [0.1, 0.15) is 46.1 Å². The summed E-state index contributed by atoms with van der Waals surface area (Å²) in [5.41, 5.74) is 11.7. The van der Waals surface area contributed by atoms with E-state index in [2.05, 4.69) is 16.0 Å². The van der Waals surface area contributed by atoms with Crippen LogP contribution in [0.2, 0.25) is 0 Å². The zero-order valence-corrected chi connectivity index (χ0v) is 20.6. The molecule has 8 N–H and O–H groups in total. The van der Waals surface area contributed by atoms with Crippen molar-refractivity contribution in [1.29, 1.82) is 0 Å². The Morgan fingerprint density at radius 1 is 0.886 bits per heavy atom. The van der Waals surface area contributed by atoms with Crippen molar-refractivity contribution in [1.82, 2.24) is 16.0 Å². The summed E-state index contributed by atoms with van der Waals surface area (Å²) in [6, 6.07) is 4.29. The van der Waals surface area contributed by atoms with E-state index in [-0.39, 0.29) is 18.3 Å². The first-order chi connectivity index (χ1) is 16.4. The lowest BCUT2D eigenvalue weighted by Gasteiger charge is -2.28. The van der Waals surface area contributed by atoms with Crippen LogP contribution in [-0.2, 0) is 30.4 Å². The van der Waals surface area contributed by atoms with Gasteiger partial charge in [0.05, 0.1) is 12.5 Å². The van der Waals surface area contributed by atoms with Gasteiger partial charge in [-0.15, -0.1) is 0 Å². The van der Waals surface area contributed by atoms with E-state index >= 15 is 0 Å². The number of carboxylic acids is 1. The van der Waals surface area contributed by atoms with Crippen molar-refractivity contribution < 1.29 is 29.1 Å². The highest BCUT2D eigenvalue weighted by molar-refractivity contribution is 5.95. The SMILES string of the molecule is CCC(C)C(NC(=O)C(N)C(C)C)C(=O)NC(Cc1ccccc1)C(=O)NC(CC(N)=O)C(=O)O. The fourth-order valence-electron chi connectivity index (χ4n) is 3.25. The minimum atomic E-state index is -1.55. The second-order valence-electron chi connectivity index (χ2n) is 8.96. The van der Waals surface area contributed by atoms with Crippen molar-refractivity contribution in [2.75, 3.05) is 0 Å². The monoisotopic (exact) mass is 491 g/mol. The fraction of sp³-hybridized carbons (Fsp3) is 0.542. The number of primary amides is 1. The minimum Gasteiger partial charge on any atom is -0.480 e. The molecule has 1 aromatic rings. The highest BCUT2D eigenvalue weighted by atomic mass is 16.4. The number of amides is 4. The number of rotatable bonds is 14. The maximum Gasteiger partial charge on any atom is 0.326 e. The summed E-state index contributed by atoms with van der Waals surface area (Å²) >= 11 is 0. The van der Waals surface area contributed by atoms with Crippen LogP contribution in [0.4, 0.5) is 0 Å². The summed E-state index contributed by atoms with van der Waals surface area (Å²) in [5.74, 6) is -4.66. The van der Waals surface area contributed by atoms with E-state index in [0.29, 0.717) is 12.0 Å². The molecule has 0 aromatic heterocycles. The van der Waals surface area contributed by atoms with Gasteiger partial charge in [0.2, 0.25) is 23.6 Å². The smallest absolute Gasteiger partial charge is 0.326 e. The van der Waals surface area contributed by atoms with E-state index in [4.69, 9.17) is 11.5 Å². The van der Waals surface area contributed by atoms with Crippen molar-refractivity contribution in [2.24, 2.45) is 23.3 Å². The molecule has 0 spiro atoms. The van der Waals surface area contributed by atoms with Gasteiger partial charge in [-0.05, 0) is 17.4 Å². The standard InChI is InChI=1S/C24H37N5O6/c1-5-14(4)20(29-22(32)19(26)13(2)3)23(33)27-16(11-15-9-7-6-8-10-15)21(31)28-17(24(34)35)12-18(25)30/h6-10,13-14,16-17,19-20H,5,11-12,26H2,1-4H3,(H2,25,30)(H,27,33)(H,28,31)(H,29,32)(H,34,35). The van der Waals surface area contributed by atoms with E-state index in [1.807, 2.05) is 6.92 Å². The van der Waals surface area contributed by atoms with Crippen LogP contribution in [0.5, 0.6) is 0 Å². The van der Waals surface area contributed by atoms with Gasteiger partial charge in [0.25, 0.3) is 0 Å². The minimum absolute atomic E-state index is 0.0496. The van der Waals surface area contributed by atoms with Crippen LogP contribution in [0.3, 0.4) is 0 Å². The molecule has 0 aliphatic rings. The molecule has 0 fully saturated rings. The van der Waals surface area contributed by atoms with Gasteiger partial charge in [-0.25, -0.2) is 4.79 Å². The maximum atomic E-state index is 13.2. The molecule has 5 unspecified atom stereocenters. The average molecular weight is 492 g/mol. The molecule has 11 nitrogen and oxygen atoms in total. The van der Waals surface area contributed by atoms with Gasteiger partial charge in [-0.2, -0.15) is 0 Å². The lowest BCUT2D eigenvalue weighted by Crippen LogP contribution is -2.59. The van der Waals surface area contributed by atoms with Crippen molar-refractivity contribution in [3.8, 4) is 0 Å². The molecular weight excluding hydrogens is 454 g/mol. The zero-order valence-electron chi connectivity index (χ0n) is 20.6. The Morgan fingerprint density at radius 2 is 1.46 bits per heavy atom. The summed E-state index contributed by atoms with van der Waals surface area (Å²) in [7, 11) is 0. The van der Waals surface area contributed by atoms with Crippen LogP contribution in [0.15, 0.2) is 30.3 Å². The number of benzene rings is 1. The molecule has 1 rings (SSSR count). The van der Waals surface area contributed by atoms with Gasteiger partial charge >= 0.3 is 5.97 Å². The van der Waals surface area contributed by atoms with Crippen LogP contribution in [0, 0.1) is 11.8 Å². The number of aliphatic carboxylic acids is 1. The Kier molecular flexibility index (Phi) is 11.9. The maximum absolute atomic E-state index is 13.2. The van der Waals surface area contributed by atoms with E-state index in [1.165, 1.54) is 0 Å². The summed E-state index contributed by atoms with van der Waals surface area (Å²) in [6.07, 6.45) is 0.00422. The Hall–Kier alpha value is -3.47. The first kappa shape index (κ1) is 29.6. The number of nitrogens with one attached hydrogen (secondary N) is 3. The molecule has 194 valence electrons. The number of carbonyl (C=O) groups is 5. The first-order valence-corrected chi connectivity index (χ1v) is 11.6. The fourth-order valence-corrected chi connectivity index (χ4v) is 3.25. The van der Waals surface area contributed by atoms with E-state index in [9.17, 15) is 29.1 Å². The second-order valence-corrected chi connectivity index (χ2v) is 8.96. The summed E-state index contributed by atoms with van der Waals surface area (Å²) in [5, 5.41) is 16.9. The van der Waals surface area contributed by atoms with Crippen LogP contribution in [-0.4, -0.2) is 58.9 Å². The molecule has 11 heteroatoms.